The minimum Gasteiger partial charge on any atom is -0.506 e. The summed E-state index contributed by atoms with van der Waals surface area (Å²) < 4.78 is 50.9. The van der Waals surface area contributed by atoms with Crippen LogP contribution >= 0.6 is 0 Å². The normalized spacial score (nSPS) is 11.8. The number of hydrogen-bond acceptors (Lipinski definition) is 5. The third kappa shape index (κ3) is 7.03. The van der Waals surface area contributed by atoms with Gasteiger partial charge in [0, 0.05) is 5.56 Å². The summed E-state index contributed by atoms with van der Waals surface area (Å²) >= 11 is 0. The first-order valence-electron chi connectivity index (χ1n) is 11.4. The maximum Gasteiger partial charge on any atom is 0.419 e. The number of ether oxygens (including phenoxy) is 2. The zero-order valence-electron chi connectivity index (χ0n) is 20.8. The first-order chi connectivity index (χ1) is 17.2. The molecule has 0 unspecified atom stereocenters. The van der Waals surface area contributed by atoms with Gasteiger partial charge < -0.3 is 19.7 Å². The van der Waals surface area contributed by atoms with E-state index in [9.17, 15) is 27.9 Å². The molecule has 2 N–H and O–H groups in total. The van der Waals surface area contributed by atoms with Crippen molar-refractivity contribution in [3.05, 3.63) is 82.4 Å². The van der Waals surface area contributed by atoms with Gasteiger partial charge in [0.1, 0.15) is 29.3 Å². The van der Waals surface area contributed by atoms with E-state index in [0.717, 1.165) is 22.8 Å². The Morgan fingerprint density at radius 1 is 0.946 bits per heavy atom. The zero-order valence-corrected chi connectivity index (χ0v) is 20.8. The Balaban J connectivity index is 1.84. The Kier molecular flexibility index (Phi) is 7.86. The van der Waals surface area contributed by atoms with Crippen LogP contribution in [0.2, 0.25) is 0 Å². The van der Waals surface area contributed by atoms with Gasteiger partial charge in [-0.3, -0.25) is 4.79 Å². The molecule has 0 fully saturated rings. The van der Waals surface area contributed by atoms with Crippen molar-refractivity contribution in [3.8, 4) is 22.6 Å². The maximum atomic E-state index is 13.3. The number of phenolic OH excluding ortho intramolecular Hbond substituents is 1. The molecule has 0 heterocycles. The molecule has 0 amide bonds. The molecule has 0 radical (unpaired) electrons. The highest BCUT2D eigenvalue weighted by molar-refractivity contribution is 5.95. The lowest BCUT2D eigenvalue weighted by Crippen LogP contribution is -2.25. The molecule has 0 aliphatic heterocycles. The lowest BCUT2D eigenvalue weighted by atomic mass is 9.97. The Morgan fingerprint density at radius 3 is 2.14 bits per heavy atom. The Hall–Kier alpha value is -4.01. The second-order valence-electron chi connectivity index (χ2n) is 9.53. The number of hydrogen-bond donors (Lipinski definition) is 2. The van der Waals surface area contributed by atoms with Crippen molar-refractivity contribution < 1.29 is 42.4 Å². The van der Waals surface area contributed by atoms with Gasteiger partial charge in [0.2, 0.25) is 0 Å². The van der Waals surface area contributed by atoms with E-state index in [2.05, 4.69) is 0 Å². The molecule has 0 bridgehead atoms. The first-order valence-corrected chi connectivity index (χ1v) is 11.4. The molecule has 0 spiro atoms. The Bertz CT molecular complexity index is 1310. The van der Waals surface area contributed by atoms with Crippen LogP contribution in [0.1, 0.15) is 53.4 Å². The van der Waals surface area contributed by atoms with Crippen LogP contribution in [-0.4, -0.2) is 27.8 Å². The van der Waals surface area contributed by atoms with Crippen LogP contribution in [0, 0.1) is 6.92 Å². The minimum atomic E-state index is -4.86. The molecule has 3 aromatic rings. The Labute approximate surface area is 212 Å². The number of carbonyl (C=O) groups is 2. The van der Waals surface area contributed by atoms with Crippen LogP contribution in [0.5, 0.6) is 11.5 Å². The second-order valence-corrected chi connectivity index (χ2v) is 9.53. The first kappa shape index (κ1) is 27.6. The number of benzene rings is 3. The van der Waals surface area contributed by atoms with Gasteiger partial charge in [-0.25, -0.2) is 4.79 Å². The molecule has 37 heavy (non-hydrogen) atoms. The number of rotatable bonds is 7. The average Bonchev–Trinajstić information content (AvgIpc) is 2.75. The number of esters is 1. The van der Waals surface area contributed by atoms with Gasteiger partial charge in [0.25, 0.3) is 0 Å². The van der Waals surface area contributed by atoms with Crippen molar-refractivity contribution in [1.29, 1.82) is 0 Å². The quantitative estimate of drug-likeness (QED) is 0.346. The molecule has 0 aliphatic carbocycles. The molecular weight excluding hydrogens is 489 g/mol. The summed E-state index contributed by atoms with van der Waals surface area (Å²) in [4.78, 5) is 23.6. The molecule has 0 saturated heterocycles. The van der Waals surface area contributed by atoms with E-state index in [-0.39, 0.29) is 18.6 Å². The average molecular weight is 517 g/mol. The van der Waals surface area contributed by atoms with Crippen LogP contribution in [0.25, 0.3) is 11.1 Å². The largest absolute Gasteiger partial charge is 0.506 e. The minimum absolute atomic E-state index is 0.0358. The van der Waals surface area contributed by atoms with E-state index in [1.54, 1.807) is 51.1 Å². The topological polar surface area (TPSA) is 93.1 Å². The van der Waals surface area contributed by atoms with Crippen LogP contribution in [0.4, 0.5) is 13.2 Å². The summed E-state index contributed by atoms with van der Waals surface area (Å²) in [6, 6.07) is 14.1. The third-order valence-corrected chi connectivity index (χ3v) is 5.38. The standard InChI is InChI=1S/C28H27F3O6/c1-16-13-17(14-23(32)33)5-11-21(16)18-6-9-20(10-7-18)36-15-19-8-12-22(28(29,30)31)25(34)24(19)26(35)37-27(2,3)4/h5-13,34H,14-15H2,1-4H3,(H,32,33). The highest BCUT2D eigenvalue weighted by Gasteiger charge is 2.37. The van der Waals surface area contributed by atoms with Crippen molar-refractivity contribution in [1.82, 2.24) is 0 Å². The van der Waals surface area contributed by atoms with Crippen molar-refractivity contribution in [2.45, 2.75) is 52.5 Å². The monoisotopic (exact) mass is 516 g/mol. The van der Waals surface area contributed by atoms with Crippen LogP contribution in [0.15, 0.2) is 54.6 Å². The number of alkyl halides is 3. The van der Waals surface area contributed by atoms with Crippen LogP contribution in [0.3, 0.4) is 0 Å². The lowest BCUT2D eigenvalue weighted by Gasteiger charge is -2.22. The number of carboxylic acid groups (broad SMARTS) is 1. The van der Waals surface area contributed by atoms with Crippen molar-refractivity contribution in [2.24, 2.45) is 0 Å². The van der Waals surface area contributed by atoms with Gasteiger partial charge in [-0.1, -0.05) is 36.4 Å². The molecule has 0 aromatic heterocycles. The van der Waals surface area contributed by atoms with Crippen molar-refractivity contribution in [2.75, 3.05) is 0 Å². The summed E-state index contributed by atoms with van der Waals surface area (Å²) in [7, 11) is 0. The number of halogens is 3. The summed E-state index contributed by atoms with van der Waals surface area (Å²) in [6.07, 6.45) is -4.93. The van der Waals surface area contributed by atoms with Crippen LogP contribution in [-0.2, 0) is 28.7 Å². The molecule has 3 rings (SSSR count). The summed E-state index contributed by atoms with van der Waals surface area (Å²) in [6.45, 7) is 6.28. The molecule has 0 saturated carbocycles. The second kappa shape index (κ2) is 10.5. The van der Waals surface area contributed by atoms with Gasteiger partial charge in [-0.05, 0) is 68.1 Å². The van der Waals surface area contributed by atoms with Gasteiger partial charge >= 0.3 is 18.1 Å². The molecule has 6 nitrogen and oxygen atoms in total. The van der Waals surface area contributed by atoms with E-state index in [4.69, 9.17) is 14.6 Å². The van der Waals surface area contributed by atoms with Crippen molar-refractivity contribution in [3.63, 3.8) is 0 Å². The molecular formula is C28H27F3O6. The Morgan fingerprint density at radius 2 is 1.59 bits per heavy atom. The lowest BCUT2D eigenvalue weighted by molar-refractivity contribution is -0.139. The SMILES string of the molecule is Cc1cc(CC(=O)O)ccc1-c1ccc(OCc2ccc(C(F)(F)F)c(O)c2C(=O)OC(C)(C)C)cc1. The number of aromatic hydroxyl groups is 1. The van der Waals surface area contributed by atoms with E-state index in [1.165, 1.54) is 0 Å². The van der Waals surface area contributed by atoms with Gasteiger partial charge in [-0.15, -0.1) is 0 Å². The number of carbonyl (C=O) groups excluding carboxylic acids is 1. The fraction of sp³-hybridized carbons (Fsp3) is 0.286. The van der Waals surface area contributed by atoms with Crippen molar-refractivity contribution >= 4 is 11.9 Å². The fourth-order valence-electron chi connectivity index (χ4n) is 3.76. The molecule has 0 atom stereocenters. The van der Waals surface area contributed by atoms with Crippen LogP contribution < -0.4 is 4.74 Å². The highest BCUT2D eigenvalue weighted by atomic mass is 19.4. The summed E-state index contributed by atoms with van der Waals surface area (Å²) in [5.41, 5.74) is 0.451. The smallest absolute Gasteiger partial charge is 0.419 e. The predicted molar refractivity (Wildman–Crippen MR) is 131 cm³/mol. The van der Waals surface area contributed by atoms with Gasteiger partial charge in [-0.2, -0.15) is 13.2 Å². The molecule has 0 aliphatic rings. The van der Waals surface area contributed by atoms with E-state index in [0.29, 0.717) is 17.4 Å². The third-order valence-electron chi connectivity index (χ3n) is 5.38. The number of carboxylic acids is 1. The summed E-state index contributed by atoms with van der Waals surface area (Å²) in [5, 5.41) is 19.3. The predicted octanol–water partition coefficient (Wildman–Crippen LogP) is 6.55. The number of aryl methyl sites for hydroxylation is 1. The maximum absolute atomic E-state index is 13.3. The molecule has 9 heteroatoms. The fourth-order valence-corrected chi connectivity index (χ4v) is 3.76. The summed E-state index contributed by atoms with van der Waals surface area (Å²) in [5.74, 6) is -2.82. The molecule has 196 valence electrons. The van der Waals surface area contributed by atoms with E-state index >= 15 is 0 Å². The molecule has 3 aromatic carbocycles. The van der Waals surface area contributed by atoms with Gasteiger partial charge in [0.05, 0.1) is 12.0 Å². The van der Waals surface area contributed by atoms with Gasteiger partial charge in [0.15, 0.2) is 0 Å². The number of aliphatic carboxylic acids is 1. The highest BCUT2D eigenvalue weighted by Crippen LogP contribution is 2.39. The zero-order chi connectivity index (χ0) is 27.5. The number of phenols is 1. The van der Waals surface area contributed by atoms with E-state index in [1.807, 2.05) is 19.1 Å². The van der Waals surface area contributed by atoms with E-state index < -0.39 is 40.6 Å².